The first-order chi connectivity index (χ1) is 11.3. The maximum absolute atomic E-state index is 12.1. The molecular formula is C18H27N3O2. The van der Waals surface area contributed by atoms with Gasteiger partial charge in [0.15, 0.2) is 5.82 Å². The smallest absolute Gasteiger partial charge is 0.226 e. The van der Waals surface area contributed by atoms with Gasteiger partial charge in [-0.05, 0) is 56.8 Å². The van der Waals surface area contributed by atoms with Gasteiger partial charge in [-0.3, -0.25) is 4.79 Å². The maximum atomic E-state index is 12.1. The average molecular weight is 317 g/mol. The molecular weight excluding hydrogens is 290 g/mol. The zero-order valence-electron chi connectivity index (χ0n) is 13.8. The molecule has 1 N–H and O–H groups in total. The quantitative estimate of drug-likeness (QED) is 0.837. The number of hydrogen-bond acceptors (Lipinski definition) is 4. The van der Waals surface area contributed by atoms with Crippen LogP contribution in [0.5, 0.6) is 0 Å². The normalized spacial score (nSPS) is 27.8. The lowest BCUT2D eigenvalue weighted by Crippen LogP contribution is -2.38. The Kier molecular flexibility index (Phi) is 4.36. The second-order valence-corrected chi connectivity index (χ2v) is 7.70. The number of rotatable bonds is 7. The van der Waals surface area contributed by atoms with Crippen molar-refractivity contribution in [2.45, 2.75) is 82.6 Å². The third-order valence-electron chi connectivity index (χ3n) is 5.59. The Morgan fingerprint density at radius 3 is 2.78 bits per heavy atom. The predicted molar refractivity (Wildman–Crippen MR) is 85.8 cm³/mol. The zero-order chi connectivity index (χ0) is 15.6. The molecule has 0 spiro atoms. The van der Waals surface area contributed by atoms with E-state index in [0.717, 1.165) is 30.5 Å². The second kappa shape index (κ2) is 6.62. The van der Waals surface area contributed by atoms with Gasteiger partial charge in [0.1, 0.15) is 0 Å². The van der Waals surface area contributed by atoms with E-state index < -0.39 is 0 Å². The van der Waals surface area contributed by atoms with Crippen LogP contribution in [0.1, 0.15) is 81.8 Å². The fourth-order valence-electron chi connectivity index (χ4n) is 3.93. The van der Waals surface area contributed by atoms with Gasteiger partial charge in [-0.15, -0.1) is 0 Å². The minimum absolute atomic E-state index is 0.188. The third kappa shape index (κ3) is 4.12. The molecule has 126 valence electrons. The van der Waals surface area contributed by atoms with E-state index in [-0.39, 0.29) is 5.91 Å². The van der Waals surface area contributed by atoms with Gasteiger partial charge in [-0.1, -0.05) is 18.0 Å². The standard InChI is InChI=1S/C18H27N3O2/c22-16(19-15-4-1-3-14(11-15)12-7-8-12)5-2-6-17-20-18(21-23-17)13-9-10-13/h12-15H,1-11H2,(H,19,22). The summed E-state index contributed by atoms with van der Waals surface area (Å²) >= 11 is 0. The Bertz CT molecular complexity index is 548. The van der Waals surface area contributed by atoms with E-state index >= 15 is 0 Å². The first kappa shape index (κ1) is 15.2. The third-order valence-corrected chi connectivity index (χ3v) is 5.59. The number of carbonyl (C=O) groups excluding carboxylic acids is 1. The van der Waals surface area contributed by atoms with Gasteiger partial charge < -0.3 is 9.84 Å². The highest BCUT2D eigenvalue weighted by molar-refractivity contribution is 5.76. The summed E-state index contributed by atoms with van der Waals surface area (Å²) in [7, 11) is 0. The van der Waals surface area contributed by atoms with Crippen molar-refractivity contribution in [1.82, 2.24) is 15.5 Å². The number of aryl methyl sites for hydroxylation is 1. The molecule has 3 fully saturated rings. The molecule has 1 amide bonds. The number of nitrogens with one attached hydrogen (secondary N) is 1. The van der Waals surface area contributed by atoms with Crippen LogP contribution in [0, 0.1) is 11.8 Å². The zero-order valence-corrected chi connectivity index (χ0v) is 13.8. The van der Waals surface area contributed by atoms with Crippen molar-refractivity contribution >= 4 is 5.91 Å². The van der Waals surface area contributed by atoms with Crippen LogP contribution in [0.15, 0.2) is 4.52 Å². The van der Waals surface area contributed by atoms with Crippen molar-refractivity contribution in [3.8, 4) is 0 Å². The summed E-state index contributed by atoms with van der Waals surface area (Å²) in [5.41, 5.74) is 0. The van der Waals surface area contributed by atoms with Crippen LogP contribution in [0.25, 0.3) is 0 Å². The Hall–Kier alpha value is -1.39. The number of amides is 1. The highest BCUT2D eigenvalue weighted by atomic mass is 16.5. The number of aromatic nitrogens is 2. The molecule has 1 aromatic heterocycles. The Morgan fingerprint density at radius 1 is 1.13 bits per heavy atom. The molecule has 1 heterocycles. The minimum atomic E-state index is 0.188. The molecule has 5 nitrogen and oxygen atoms in total. The van der Waals surface area contributed by atoms with E-state index in [9.17, 15) is 4.79 Å². The molecule has 1 aromatic rings. The molecule has 5 heteroatoms. The van der Waals surface area contributed by atoms with Crippen LogP contribution >= 0.6 is 0 Å². The molecule has 23 heavy (non-hydrogen) atoms. The predicted octanol–water partition coefficient (Wildman–Crippen LogP) is 3.35. The maximum Gasteiger partial charge on any atom is 0.226 e. The molecule has 0 aromatic carbocycles. The number of hydrogen-bond donors (Lipinski definition) is 1. The second-order valence-electron chi connectivity index (χ2n) is 7.70. The summed E-state index contributed by atoms with van der Waals surface area (Å²) in [5.74, 6) is 4.10. The van der Waals surface area contributed by atoms with Crippen molar-refractivity contribution in [3.05, 3.63) is 11.7 Å². The molecule has 4 rings (SSSR count). The number of nitrogens with zero attached hydrogens (tertiary/aromatic N) is 2. The van der Waals surface area contributed by atoms with E-state index in [1.54, 1.807) is 0 Å². The highest BCUT2D eigenvalue weighted by Gasteiger charge is 2.35. The van der Waals surface area contributed by atoms with Gasteiger partial charge in [-0.25, -0.2) is 0 Å². The first-order valence-corrected chi connectivity index (χ1v) is 9.40. The number of carbonyl (C=O) groups is 1. The molecule has 0 aliphatic heterocycles. The lowest BCUT2D eigenvalue weighted by molar-refractivity contribution is -0.122. The summed E-state index contributed by atoms with van der Waals surface area (Å²) in [5, 5.41) is 7.26. The Balaban J connectivity index is 1.16. The first-order valence-electron chi connectivity index (χ1n) is 9.40. The molecule has 2 unspecified atom stereocenters. The molecule has 3 aliphatic carbocycles. The van der Waals surface area contributed by atoms with E-state index in [0.29, 0.717) is 30.7 Å². The molecule has 0 saturated heterocycles. The minimum Gasteiger partial charge on any atom is -0.353 e. The molecule has 0 bridgehead atoms. The lowest BCUT2D eigenvalue weighted by atomic mass is 9.82. The molecule has 3 saturated carbocycles. The fourth-order valence-corrected chi connectivity index (χ4v) is 3.93. The van der Waals surface area contributed by atoms with Crippen LogP contribution in [-0.4, -0.2) is 22.1 Å². The van der Waals surface area contributed by atoms with Gasteiger partial charge in [-0.2, -0.15) is 4.98 Å². The van der Waals surface area contributed by atoms with Crippen LogP contribution < -0.4 is 5.32 Å². The summed E-state index contributed by atoms with van der Waals surface area (Å²) in [4.78, 5) is 16.6. The summed E-state index contributed by atoms with van der Waals surface area (Å²) in [6.45, 7) is 0. The summed E-state index contributed by atoms with van der Waals surface area (Å²) in [6, 6.07) is 0.409. The van der Waals surface area contributed by atoms with Crippen molar-refractivity contribution in [2.75, 3.05) is 0 Å². The van der Waals surface area contributed by atoms with Crippen molar-refractivity contribution in [1.29, 1.82) is 0 Å². The van der Waals surface area contributed by atoms with Crippen molar-refractivity contribution in [3.63, 3.8) is 0 Å². The largest absolute Gasteiger partial charge is 0.353 e. The Morgan fingerprint density at radius 2 is 2.00 bits per heavy atom. The van der Waals surface area contributed by atoms with E-state index in [1.165, 1.54) is 44.9 Å². The van der Waals surface area contributed by atoms with E-state index in [2.05, 4.69) is 15.5 Å². The Labute approximate surface area is 137 Å². The lowest BCUT2D eigenvalue weighted by Gasteiger charge is -2.29. The topological polar surface area (TPSA) is 68.0 Å². The van der Waals surface area contributed by atoms with E-state index in [4.69, 9.17) is 4.52 Å². The van der Waals surface area contributed by atoms with Gasteiger partial charge in [0.25, 0.3) is 0 Å². The van der Waals surface area contributed by atoms with Crippen LogP contribution in [0.4, 0.5) is 0 Å². The van der Waals surface area contributed by atoms with Crippen LogP contribution in [-0.2, 0) is 11.2 Å². The molecule has 0 radical (unpaired) electrons. The fraction of sp³-hybridized carbons (Fsp3) is 0.833. The average Bonchev–Trinajstić information content (AvgIpc) is 3.46. The molecule has 3 aliphatic rings. The van der Waals surface area contributed by atoms with Gasteiger partial charge in [0.2, 0.25) is 11.8 Å². The SMILES string of the molecule is O=C(CCCc1nc(C2CC2)no1)NC1CCCC(C2CC2)C1. The van der Waals surface area contributed by atoms with Crippen LogP contribution in [0.2, 0.25) is 0 Å². The van der Waals surface area contributed by atoms with Crippen molar-refractivity contribution in [2.24, 2.45) is 11.8 Å². The van der Waals surface area contributed by atoms with Gasteiger partial charge >= 0.3 is 0 Å². The highest BCUT2D eigenvalue weighted by Crippen LogP contribution is 2.43. The summed E-state index contributed by atoms with van der Waals surface area (Å²) in [6.07, 6.45) is 12.3. The summed E-state index contributed by atoms with van der Waals surface area (Å²) < 4.78 is 5.25. The van der Waals surface area contributed by atoms with Gasteiger partial charge in [0.05, 0.1) is 0 Å². The van der Waals surface area contributed by atoms with Crippen molar-refractivity contribution < 1.29 is 9.32 Å². The molecule has 2 atom stereocenters. The van der Waals surface area contributed by atoms with E-state index in [1.807, 2.05) is 0 Å². The van der Waals surface area contributed by atoms with Gasteiger partial charge in [0, 0.05) is 24.8 Å². The monoisotopic (exact) mass is 317 g/mol. The van der Waals surface area contributed by atoms with Crippen LogP contribution in [0.3, 0.4) is 0 Å².